The molecule has 2 aliphatic heterocycles. The summed E-state index contributed by atoms with van der Waals surface area (Å²) in [7, 11) is 0. The van der Waals surface area contributed by atoms with Crippen molar-refractivity contribution in [1.29, 1.82) is 0 Å². The first-order chi connectivity index (χ1) is 13.6. The number of hydrogen-bond acceptors (Lipinski definition) is 6. The Bertz CT molecular complexity index is 791. The van der Waals surface area contributed by atoms with Gasteiger partial charge in [0.2, 0.25) is 0 Å². The van der Waals surface area contributed by atoms with Gasteiger partial charge in [-0.1, -0.05) is 17.7 Å². The number of aromatic nitrogens is 1. The maximum absolute atomic E-state index is 12.1. The molecule has 1 aromatic heterocycles. The molecule has 1 aromatic carbocycles. The quantitative estimate of drug-likeness (QED) is 0.856. The van der Waals surface area contributed by atoms with E-state index in [-0.39, 0.29) is 18.3 Å². The molecule has 7 nitrogen and oxygen atoms in total. The third-order valence-electron chi connectivity index (χ3n) is 5.09. The molecule has 3 heterocycles. The summed E-state index contributed by atoms with van der Waals surface area (Å²) in [6, 6.07) is 11.4. The summed E-state index contributed by atoms with van der Waals surface area (Å²) >= 11 is 0. The highest BCUT2D eigenvalue weighted by atomic mass is 16.7. The number of piperidine rings is 1. The molecule has 2 fully saturated rings. The van der Waals surface area contributed by atoms with E-state index >= 15 is 0 Å². The molecule has 0 radical (unpaired) electrons. The smallest absolute Gasteiger partial charge is 0.262 e. The van der Waals surface area contributed by atoms with Gasteiger partial charge in [0, 0.05) is 25.9 Å². The van der Waals surface area contributed by atoms with E-state index in [2.05, 4.69) is 15.2 Å². The number of rotatable bonds is 5. The summed E-state index contributed by atoms with van der Waals surface area (Å²) in [6.07, 6.45) is 3.35. The number of carbonyl (C=O) groups is 1. The largest absolute Gasteiger partial charge is 0.484 e. The number of carbonyl (C=O) groups excluding carboxylic acids is 1. The summed E-state index contributed by atoms with van der Waals surface area (Å²) in [5.74, 6) is 0.960. The molecule has 1 spiro atoms. The number of pyridine rings is 1. The third-order valence-corrected chi connectivity index (χ3v) is 5.09. The number of hydrogen-bond donors (Lipinski definition) is 1. The van der Waals surface area contributed by atoms with Crippen LogP contribution in [-0.2, 0) is 14.3 Å². The number of amides is 1. The lowest BCUT2D eigenvalue weighted by atomic mass is 10.0. The Kier molecular flexibility index (Phi) is 5.45. The Morgan fingerprint density at radius 2 is 1.86 bits per heavy atom. The van der Waals surface area contributed by atoms with Crippen LogP contribution in [0.2, 0.25) is 0 Å². The standard InChI is InChI=1S/C21H25N3O4/c1-16-2-5-18(6-3-16)26-15-20(25)23-17-4-7-19(22-14-17)24-10-8-21(9-11-24)27-12-13-28-21/h2-7,14H,8-13,15H2,1H3,(H,23,25). The normalized spacial score (nSPS) is 18.2. The average molecular weight is 383 g/mol. The summed E-state index contributed by atoms with van der Waals surface area (Å²) in [4.78, 5) is 18.8. The minimum absolute atomic E-state index is 0.0426. The van der Waals surface area contributed by atoms with Gasteiger partial charge in [0.15, 0.2) is 12.4 Å². The minimum atomic E-state index is -0.387. The van der Waals surface area contributed by atoms with Crippen molar-refractivity contribution in [2.24, 2.45) is 0 Å². The van der Waals surface area contributed by atoms with E-state index in [9.17, 15) is 4.79 Å². The highest BCUT2D eigenvalue weighted by Crippen LogP contribution is 2.32. The van der Waals surface area contributed by atoms with Gasteiger partial charge < -0.3 is 24.4 Å². The maximum Gasteiger partial charge on any atom is 0.262 e. The lowest BCUT2D eigenvalue weighted by molar-refractivity contribution is -0.169. The van der Waals surface area contributed by atoms with E-state index in [4.69, 9.17) is 14.2 Å². The van der Waals surface area contributed by atoms with E-state index < -0.39 is 0 Å². The third kappa shape index (κ3) is 4.43. The van der Waals surface area contributed by atoms with Gasteiger partial charge in [0.1, 0.15) is 11.6 Å². The lowest BCUT2D eigenvalue weighted by Crippen LogP contribution is -2.45. The van der Waals surface area contributed by atoms with Crippen molar-refractivity contribution in [3.05, 3.63) is 48.2 Å². The van der Waals surface area contributed by atoms with Crippen LogP contribution in [0, 0.1) is 6.92 Å². The van der Waals surface area contributed by atoms with E-state index in [0.29, 0.717) is 24.7 Å². The van der Waals surface area contributed by atoms with Crippen molar-refractivity contribution in [3.63, 3.8) is 0 Å². The second-order valence-corrected chi connectivity index (χ2v) is 7.15. The van der Waals surface area contributed by atoms with Crippen molar-refractivity contribution in [3.8, 4) is 5.75 Å². The zero-order valence-electron chi connectivity index (χ0n) is 16.0. The summed E-state index contributed by atoms with van der Waals surface area (Å²) in [5, 5.41) is 2.81. The molecule has 148 valence electrons. The highest BCUT2D eigenvalue weighted by molar-refractivity contribution is 5.91. The molecule has 0 unspecified atom stereocenters. The Morgan fingerprint density at radius 1 is 1.14 bits per heavy atom. The van der Waals surface area contributed by atoms with Crippen LogP contribution in [0.1, 0.15) is 18.4 Å². The van der Waals surface area contributed by atoms with Crippen LogP contribution in [0.4, 0.5) is 11.5 Å². The van der Waals surface area contributed by atoms with Crippen LogP contribution in [0.25, 0.3) is 0 Å². The van der Waals surface area contributed by atoms with Gasteiger partial charge in [-0.2, -0.15) is 0 Å². The van der Waals surface area contributed by atoms with Gasteiger partial charge >= 0.3 is 0 Å². The molecule has 2 saturated heterocycles. The number of nitrogens with one attached hydrogen (secondary N) is 1. The molecule has 1 amide bonds. The molecule has 0 bridgehead atoms. The van der Waals surface area contributed by atoms with Crippen LogP contribution in [0.3, 0.4) is 0 Å². The zero-order valence-corrected chi connectivity index (χ0v) is 16.0. The van der Waals surface area contributed by atoms with Crippen LogP contribution >= 0.6 is 0 Å². The maximum atomic E-state index is 12.1. The number of benzene rings is 1. The van der Waals surface area contributed by atoms with Crippen molar-refractivity contribution < 1.29 is 19.0 Å². The molecule has 0 aliphatic carbocycles. The minimum Gasteiger partial charge on any atom is -0.484 e. The Hall–Kier alpha value is -2.64. The lowest BCUT2D eigenvalue weighted by Gasteiger charge is -2.38. The predicted molar refractivity (Wildman–Crippen MR) is 106 cm³/mol. The van der Waals surface area contributed by atoms with Crippen LogP contribution < -0.4 is 15.0 Å². The zero-order chi connectivity index (χ0) is 19.4. The Labute approximate surface area is 164 Å². The molecule has 28 heavy (non-hydrogen) atoms. The van der Waals surface area contributed by atoms with Crippen molar-refractivity contribution in [2.75, 3.05) is 43.1 Å². The highest BCUT2D eigenvalue weighted by Gasteiger charge is 2.39. The topological polar surface area (TPSA) is 72.9 Å². The first kappa shape index (κ1) is 18.7. The fourth-order valence-electron chi connectivity index (χ4n) is 3.49. The predicted octanol–water partition coefficient (Wildman–Crippen LogP) is 2.75. The Morgan fingerprint density at radius 3 is 2.50 bits per heavy atom. The van der Waals surface area contributed by atoms with E-state index in [1.54, 1.807) is 6.20 Å². The van der Waals surface area contributed by atoms with Crippen LogP contribution in [0.5, 0.6) is 5.75 Å². The monoisotopic (exact) mass is 383 g/mol. The molecule has 7 heteroatoms. The number of aryl methyl sites for hydroxylation is 1. The fraction of sp³-hybridized carbons (Fsp3) is 0.429. The first-order valence-corrected chi connectivity index (χ1v) is 9.60. The van der Waals surface area contributed by atoms with Gasteiger partial charge in [-0.3, -0.25) is 4.79 Å². The molecule has 0 atom stereocenters. The van der Waals surface area contributed by atoms with Crippen molar-refractivity contribution in [2.45, 2.75) is 25.6 Å². The summed E-state index contributed by atoms with van der Waals surface area (Å²) in [6.45, 7) is 5.00. The van der Waals surface area contributed by atoms with Gasteiger partial charge in [-0.05, 0) is 31.2 Å². The molecular formula is C21H25N3O4. The van der Waals surface area contributed by atoms with Gasteiger partial charge in [0.25, 0.3) is 5.91 Å². The van der Waals surface area contributed by atoms with Gasteiger partial charge in [-0.15, -0.1) is 0 Å². The molecule has 0 saturated carbocycles. The summed E-state index contributed by atoms with van der Waals surface area (Å²) in [5.41, 5.74) is 1.80. The SMILES string of the molecule is Cc1ccc(OCC(=O)Nc2ccc(N3CCC4(CC3)OCCO4)nc2)cc1. The number of anilines is 2. The van der Waals surface area contributed by atoms with Crippen LogP contribution in [-0.4, -0.2) is 49.6 Å². The van der Waals surface area contributed by atoms with Crippen molar-refractivity contribution in [1.82, 2.24) is 4.98 Å². The summed E-state index contributed by atoms with van der Waals surface area (Å²) < 4.78 is 17.0. The molecule has 2 aliphatic rings. The van der Waals surface area contributed by atoms with E-state index in [1.807, 2.05) is 43.3 Å². The van der Waals surface area contributed by atoms with Crippen molar-refractivity contribution >= 4 is 17.4 Å². The molecule has 4 rings (SSSR count). The number of nitrogens with zero attached hydrogens (tertiary/aromatic N) is 2. The molecular weight excluding hydrogens is 358 g/mol. The fourth-order valence-corrected chi connectivity index (χ4v) is 3.49. The van der Waals surface area contributed by atoms with Gasteiger partial charge in [0.05, 0.1) is 25.1 Å². The average Bonchev–Trinajstić information content (AvgIpc) is 3.17. The first-order valence-electron chi connectivity index (χ1n) is 9.60. The molecule has 1 N–H and O–H groups in total. The Balaban J connectivity index is 1.26. The second kappa shape index (κ2) is 8.16. The van der Waals surface area contributed by atoms with E-state index in [1.165, 1.54) is 0 Å². The van der Waals surface area contributed by atoms with Crippen LogP contribution in [0.15, 0.2) is 42.6 Å². The second-order valence-electron chi connectivity index (χ2n) is 7.15. The van der Waals surface area contributed by atoms with E-state index in [0.717, 1.165) is 37.3 Å². The van der Waals surface area contributed by atoms with Gasteiger partial charge in [-0.25, -0.2) is 4.98 Å². The molecule has 2 aromatic rings. The number of ether oxygens (including phenoxy) is 3.